The molecule has 0 aromatic carbocycles. The van der Waals surface area contributed by atoms with E-state index in [0.717, 1.165) is 31.6 Å². The zero-order valence-corrected chi connectivity index (χ0v) is 11.8. The van der Waals surface area contributed by atoms with E-state index in [2.05, 4.69) is 10.2 Å². The molecule has 2 aromatic heterocycles. The Kier molecular flexibility index (Phi) is 2.91. The molecule has 21 heavy (non-hydrogen) atoms. The fourth-order valence-corrected chi connectivity index (χ4v) is 2.90. The largest absolute Gasteiger partial charge is 0.463 e. The number of hydrogen-bond acceptors (Lipinski definition) is 3. The van der Waals surface area contributed by atoms with Gasteiger partial charge in [-0.1, -0.05) is 11.1 Å². The van der Waals surface area contributed by atoms with Crippen molar-refractivity contribution in [1.82, 2.24) is 15.1 Å². The number of furan rings is 1. The van der Waals surface area contributed by atoms with Gasteiger partial charge in [0.05, 0.1) is 6.26 Å². The van der Waals surface area contributed by atoms with Crippen molar-refractivity contribution in [2.75, 3.05) is 13.1 Å². The van der Waals surface area contributed by atoms with Crippen LogP contribution in [0.2, 0.25) is 0 Å². The van der Waals surface area contributed by atoms with Crippen LogP contribution in [0, 0.1) is 0 Å². The lowest BCUT2D eigenvalue weighted by atomic mass is 10.0. The number of nitrogens with one attached hydrogen (secondary N) is 1. The van der Waals surface area contributed by atoms with Crippen molar-refractivity contribution in [1.29, 1.82) is 0 Å². The van der Waals surface area contributed by atoms with Crippen LogP contribution in [0.4, 0.5) is 0 Å². The summed E-state index contributed by atoms with van der Waals surface area (Å²) in [6, 6.07) is 5.42. The SMILES string of the molecule is O=C(c1cc(-c2ccco2)[nH]n1)N1CCC(=C2CC2)CC1. The van der Waals surface area contributed by atoms with Gasteiger partial charge in [0.1, 0.15) is 5.69 Å². The minimum absolute atomic E-state index is 0.00361. The molecule has 108 valence electrons. The molecule has 0 unspecified atom stereocenters. The van der Waals surface area contributed by atoms with Gasteiger partial charge in [-0.05, 0) is 37.8 Å². The molecule has 2 fully saturated rings. The van der Waals surface area contributed by atoms with Crippen molar-refractivity contribution < 1.29 is 9.21 Å². The van der Waals surface area contributed by atoms with Crippen LogP contribution in [0.3, 0.4) is 0 Å². The van der Waals surface area contributed by atoms with Crippen molar-refractivity contribution in [3.05, 3.63) is 41.3 Å². The smallest absolute Gasteiger partial charge is 0.274 e. The van der Waals surface area contributed by atoms with E-state index in [-0.39, 0.29) is 5.91 Å². The number of H-pyrrole nitrogens is 1. The summed E-state index contributed by atoms with van der Waals surface area (Å²) < 4.78 is 5.30. The van der Waals surface area contributed by atoms with Crippen LogP contribution in [-0.2, 0) is 0 Å². The second kappa shape index (κ2) is 4.91. The van der Waals surface area contributed by atoms with E-state index in [0.29, 0.717) is 11.5 Å². The lowest BCUT2D eigenvalue weighted by Crippen LogP contribution is -2.36. The Morgan fingerprint density at radius 1 is 1.19 bits per heavy atom. The normalized spacial score (nSPS) is 18.2. The van der Waals surface area contributed by atoms with Gasteiger partial charge in [-0.3, -0.25) is 9.89 Å². The van der Waals surface area contributed by atoms with Crippen LogP contribution in [0.1, 0.15) is 36.2 Å². The maximum Gasteiger partial charge on any atom is 0.274 e. The monoisotopic (exact) mass is 283 g/mol. The molecular formula is C16H17N3O2. The summed E-state index contributed by atoms with van der Waals surface area (Å²) >= 11 is 0. The lowest BCUT2D eigenvalue weighted by molar-refractivity contribution is 0.0737. The molecule has 1 aliphatic heterocycles. The first-order valence-corrected chi connectivity index (χ1v) is 7.39. The highest BCUT2D eigenvalue weighted by atomic mass is 16.3. The van der Waals surface area contributed by atoms with Crippen molar-refractivity contribution in [2.45, 2.75) is 25.7 Å². The molecule has 5 nitrogen and oxygen atoms in total. The second-order valence-corrected chi connectivity index (χ2v) is 5.64. The molecule has 1 saturated carbocycles. The third-order valence-corrected chi connectivity index (χ3v) is 4.24. The van der Waals surface area contributed by atoms with Gasteiger partial charge in [-0.25, -0.2) is 0 Å². The van der Waals surface area contributed by atoms with E-state index in [1.807, 2.05) is 17.0 Å². The van der Waals surface area contributed by atoms with Gasteiger partial charge in [0.2, 0.25) is 0 Å². The Morgan fingerprint density at radius 3 is 2.62 bits per heavy atom. The molecule has 0 spiro atoms. The average Bonchev–Trinajstić information content (AvgIpc) is 3.03. The van der Waals surface area contributed by atoms with Crippen LogP contribution < -0.4 is 0 Å². The number of piperidine rings is 1. The van der Waals surface area contributed by atoms with Gasteiger partial charge in [0.25, 0.3) is 5.91 Å². The minimum atomic E-state index is 0.00361. The molecule has 0 atom stereocenters. The van der Waals surface area contributed by atoms with Crippen molar-refractivity contribution in [3.8, 4) is 11.5 Å². The third-order valence-electron chi connectivity index (χ3n) is 4.24. The number of amides is 1. The highest BCUT2D eigenvalue weighted by Gasteiger charge is 2.26. The van der Waals surface area contributed by atoms with Crippen molar-refractivity contribution in [2.24, 2.45) is 0 Å². The first-order valence-electron chi connectivity index (χ1n) is 7.39. The summed E-state index contributed by atoms with van der Waals surface area (Å²) in [6.45, 7) is 1.61. The molecule has 2 aromatic rings. The molecular weight excluding hydrogens is 266 g/mol. The first-order chi connectivity index (χ1) is 10.3. The summed E-state index contributed by atoms with van der Waals surface area (Å²) in [7, 11) is 0. The molecule has 5 heteroatoms. The summed E-state index contributed by atoms with van der Waals surface area (Å²) in [5.41, 5.74) is 4.41. The Morgan fingerprint density at radius 2 is 1.95 bits per heavy atom. The quantitative estimate of drug-likeness (QED) is 0.862. The third kappa shape index (κ3) is 2.39. The minimum Gasteiger partial charge on any atom is -0.463 e. The highest BCUT2D eigenvalue weighted by Crippen LogP contribution is 2.36. The molecule has 1 amide bonds. The standard InChI is InChI=1S/C16H17N3O2/c20-16(19-7-5-12(6-8-19)11-3-4-11)14-10-13(17-18-14)15-2-1-9-21-15/h1-2,9-10H,3-8H2,(H,17,18). The Labute approximate surface area is 122 Å². The predicted molar refractivity (Wildman–Crippen MR) is 77.7 cm³/mol. The Balaban J connectivity index is 1.47. The Hall–Kier alpha value is -2.30. The summed E-state index contributed by atoms with van der Waals surface area (Å²) in [4.78, 5) is 14.4. The van der Waals surface area contributed by atoms with E-state index in [1.54, 1.807) is 23.5 Å². The molecule has 4 rings (SSSR count). The predicted octanol–water partition coefficient (Wildman–Crippen LogP) is 3.00. The van der Waals surface area contributed by atoms with Gasteiger partial charge < -0.3 is 9.32 Å². The first kappa shape index (κ1) is 12.4. The maximum atomic E-state index is 12.5. The number of hydrogen-bond donors (Lipinski definition) is 1. The maximum absolute atomic E-state index is 12.5. The van der Waals surface area contributed by atoms with Gasteiger partial charge >= 0.3 is 0 Å². The highest BCUT2D eigenvalue weighted by molar-refractivity contribution is 5.93. The summed E-state index contributed by atoms with van der Waals surface area (Å²) in [5, 5.41) is 6.99. The van der Waals surface area contributed by atoms with Gasteiger partial charge in [-0.15, -0.1) is 0 Å². The zero-order valence-electron chi connectivity index (χ0n) is 11.8. The van der Waals surface area contributed by atoms with Crippen molar-refractivity contribution >= 4 is 5.91 Å². The molecule has 3 heterocycles. The number of rotatable bonds is 2. The molecule has 1 aliphatic carbocycles. The van der Waals surface area contributed by atoms with E-state index in [9.17, 15) is 4.79 Å². The van der Waals surface area contributed by atoms with E-state index in [1.165, 1.54) is 12.8 Å². The number of aromatic nitrogens is 2. The average molecular weight is 283 g/mol. The van der Waals surface area contributed by atoms with Gasteiger partial charge in [0.15, 0.2) is 11.5 Å². The van der Waals surface area contributed by atoms with Gasteiger partial charge in [0, 0.05) is 19.2 Å². The Bertz CT molecular complexity index is 681. The van der Waals surface area contributed by atoms with Gasteiger partial charge in [-0.2, -0.15) is 5.10 Å². The fourth-order valence-electron chi connectivity index (χ4n) is 2.90. The number of nitrogens with zero attached hydrogens (tertiary/aromatic N) is 2. The number of allylic oxidation sites excluding steroid dienone is 1. The number of aromatic amines is 1. The van der Waals surface area contributed by atoms with E-state index in [4.69, 9.17) is 4.42 Å². The van der Waals surface area contributed by atoms with E-state index < -0.39 is 0 Å². The second-order valence-electron chi connectivity index (χ2n) is 5.64. The van der Waals surface area contributed by atoms with Crippen molar-refractivity contribution in [3.63, 3.8) is 0 Å². The number of carbonyl (C=O) groups excluding carboxylic acids is 1. The van der Waals surface area contributed by atoms with Crippen LogP contribution >= 0.6 is 0 Å². The van der Waals surface area contributed by atoms with E-state index >= 15 is 0 Å². The topological polar surface area (TPSA) is 62.1 Å². The molecule has 2 aliphatic rings. The van der Waals surface area contributed by atoms with Crippen LogP contribution in [0.5, 0.6) is 0 Å². The molecule has 1 saturated heterocycles. The lowest BCUT2D eigenvalue weighted by Gasteiger charge is -2.27. The van der Waals surface area contributed by atoms with Crippen LogP contribution in [0.25, 0.3) is 11.5 Å². The number of likely N-dealkylation sites (tertiary alicyclic amines) is 1. The molecule has 0 radical (unpaired) electrons. The van der Waals surface area contributed by atoms with Crippen LogP contribution in [0.15, 0.2) is 40.0 Å². The summed E-state index contributed by atoms with van der Waals surface area (Å²) in [6.07, 6.45) is 6.20. The fraction of sp³-hybridized carbons (Fsp3) is 0.375. The van der Waals surface area contributed by atoms with Crippen LogP contribution in [-0.4, -0.2) is 34.1 Å². The number of carbonyl (C=O) groups is 1. The molecule has 1 N–H and O–H groups in total. The summed E-state index contributed by atoms with van der Waals surface area (Å²) in [5.74, 6) is 0.699. The zero-order chi connectivity index (χ0) is 14.2. The molecule has 0 bridgehead atoms.